The molecule has 0 bridgehead atoms. The summed E-state index contributed by atoms with van der Waals surface area (Å²) in [6.07, 6.45) is 0.350. The molecule has 0 aliphatic rings. The molecule has 3 N–H and O–H groups in total. The molecule has 0 fully saturated rings. The van der Waals surface area contributed by atoms with Crippen LogP contribution < -0.4 is 11.3 Å². The molecule has 0 amide bonds. The van der Waals surface area contributed by atoms with E-state index in [9.17, 15) is 8.78 Å². The van der Waals surface area contributed by atoms with Crippen LogP contribution >= 0.6 is 27.5 Å². The van der Waals surface area contributed by atoms with Gasteiger partial charge in [-0.3, -0.25) is 11.3 Å². The lowest BCUT2D eigenvalue weighted by Gasteiger charge is -2.17. The number of nitrogens with two attached hydrogens (primary N) is 1. The second kappa shape index (κ2) is 6.63. The van der Waals surface area contributed by atoms with Gasteiger partial charge in [0.15, 0.2) is 0 Å². The second-order valence-electron chi connectivity index (χ2n) is 4.37. The first-order valence-electron chi connectivity index (χ1n) is 5.85. The number of nitrogens with one attached hydrogen (secondary N) is 1. The largest absolute Gasteiger partial charge is 0.271 e. The minimum Gasteiger partial charge on any atom is -0.271 e. The van der Waals surface area contributed by atoms with Crippen molar-refractivity contribution in [2.45, 2.75) is 12.5 Å². The number of rotatable bonds is 4. The van der Waals surface area contributed by atoms with Crippen LogP contribution in [0, 0.1) is 11.6 Å². The van der Waals surface area contributed by atoms with Gasteiger partial charge in [-0.05, 0) is 57.7 Å². The standard InChI is InChI=1S/C14H12BrClF2N2/c15-12-2-1-9(6-13(12)16)14(20-19)5-8-3-10(17)7-11(18)4-8/h1-4,6-7,14,20H,5,19H2. The molecular formula is C14H12BrClF2N2. The maximum Gasteiger partial charge on any atom is 0.126 e. The Balaban J connectivity index is 2.26. The molecule has 2 rings (SSSR count). The molecule has 1 unspecified atom stereocenters. The fourth-order valence-electron chi connectivity index (χ4n) is 1.97. The Morgan fingerprint density at radius 1 is 1.15 bits per heavy atom. The SMILES string of the molecule is NNC(Cc1cc(F)cc(F)c1)c1ccc(Br)c(Cl)c1. The van der Waals surface area contributed by atoms with E-state index in [0.29, 0.717) is 17.0 Å². The summed E-state index contributed by atoms with van der Waals surface area (Å²) >= 11 is 9.34. The van der Waals surface area contributed by atoms with Crippen molar-refractivity contribution in [3.05, 3.63) is 68.7 Å². The first kappa shape index (κ1) is 15.4. The van der Waals surface area contributed by atoms with E-state index in [1.165, 1.54) is 12.1 Å². The third kappa shape index (κ3) is 3.76. The molecule has 1 atom stereocenters. The molecule has 0 aliphatic carbocycles. The molecule has 2 aromatic rings. The molecule has 0 aliphatic heterocycles. The Bertz CT molecular complexity index is 602. The number of hydrogen-bond acceptors (Lipinski definition) is 2. The summed E-state index contributed by atoms with van der Waals surface area (Å²) in [6.45, 7) is 0. The summed E-state index contributed by atoms with van der Waals surface area (Å²) < 4.78 is 27.1. The molecule has 0 spiro atoms. The summed E-state index contributed by atoms with van der Waals surface area (Å²) in [6, 6.07) is 8.52. The van der Waals surface area contributed by atoms with Crippen molar-refractivity contribution < 1.29 is 8.78 Å². The van der Waals surface area contributed by atoms with E-state index in [1.54, 1.807) is 12.1 Å². The van der Waals surface area contributed by atoms with Crippen molar-refractivity contribution in [1.82, 2.24) is 5.43 Å². The molecule has 20 heavy (non-hydrogen) atoms. The van der Waals surface area contributed by atoms with Gasteiger partial charge in [-0.25, -0.2) is 8.78 Å². The van der Waals surface area contributed by atoms with Gasteiger partial charge in [-0.2, -0.15) is 0 Å². The van der Waals surface area contributed by atoms with Crippen molar-refractivity contribution in [2.75, 3.05) is 0 Å². The minimum atomic E-state index is -0.607. The lowest BCUT2D eigenvalue weighted by molar-refractivity contribution is 0.540. The summed E-state index contributed by atoms with van der Waals surface area (Å²) in [5, 5.41) is 0.549. The molecule has 0 saturated heterocycles. The smallest absolute Gasteiger partial charge is 0.126 e. The number of benzene rings is 2. The molecule has 0 heterocycles. The molecule has 0 aromatic heterocycles. The lowest BCUT2D eigenvalue weighted by Crippen LogP contribution is -2.29. The highest BCUT2D eigenvalue weighted by Crippen LogP contribution is 2.27. The highest BCUT2D eigenvalue weighted by atomic mass is 79.9. The van der Waals surface area contributed by atoms with Gasteiger partial charge >= 0.3 is 0 Å². The first-order valence-corrected chi connectivity index (χ1v) is 7.02. The van der Waals surface area contributed by atoms with Crippen LogP contribution in [0.5, 0.6) is 0 Å². The van der Waals surface area contributed by atoms with Crippen LogP contribution in [0.2, 0.25) is 5.02 Å². The maximum absolute atomic E-state index is 13.2. The molecule has 2 nitrogen and oxygen atoms in total. The third-order valence-electron chi connectivity index (χ3n) is 2.91. The van der Waals surface area contributed by atoms with Crippen LogP contribution in [0.4, 0.5) is 8.78 Å². The Morgan fingerprint density at radius 3 is 2.35 bits per heavy atom. The summed E-state index contributed by atoms with van der Waals surface area (Å²) in [7, 11) is 0. The average Bonchev–Trinajstić information content (AvgIpc) is 2.38. The zero-order valence-electron chi connectivity index (χ0n) is 10.3. The van der Waals surface area contributed by atoms with E-state index in [-0.39, 0.29) is 6.04 Å². The summed E-state index contributed by atoms with van der Waals surface area (Å²) in [5.41, 5.74) is 3.99. The Hall–Kier alpha value is -1.01. The van der Waals surface area contributed by atoms with Crippen LogP contribution in [0.15, 0.2) is 40.9 Å². The molecule has 0 radical (unpaired) electrons. The fraction of sp³-hybridized carbons (Fsp3) is 0.143. The zero-order chi connectivity index (χ0) is 14.7. The van der Waals surface area contributed by atoms with Gasteiger partial charge in [0.05, 0.1) is 11.1 Å². The van der Waals surface area contributed by atoms with Crippen molar-refractivity contribution in [3.63, 3.8) is 0 Å². The molecule has 0 saturated carbocycles. The Kier molecular flexibility index (Phi) is 5.10. The highest BCUT2D eigenvalue weighted by Gasteiger charge is 2.13. The van der Waals surface area contributed by atoms with Gasteiger partial charge in [-0.1, -0.05) is 17.7 Å². The second-order valence-corrected chi connectivity index (χ2v) is 5.64. The quantitative estimate of drug-likeness (QED) is 0.635. The van der Waals surface area contributed by atoms with E-state index in [4.69, 9.17) is 17.4 Å². The van der Waals surface area contributed by atoms with Crippen molar-refractivity contribution in [1.29, 1.82) is 0 Å². The Morgan fingerprint density at radius 2 is 1.80 bits per heavy atom. The number of halogens is 4. The number of hydrazine groups is 1. The predicted molar refractivity (Wildman–Crippen MR) is 79.3 cm³/mol. The molecule has 2 aromatic carbocycles. The highest BCUT2D eigenvalue weighted by molar-refractivity contribution is 9.10. The number of hydrogen-bond donors (Lipinski definition) is 2. The maximum atomic E-state index is 13.2. The van der Waals surface area contributed by atoms with Crippen molar-refractivity contribution >= 4 is 27.5 Å². The van der Waals surface area contributed by atoms with E-state index < -0.39 is 11.6 Å². The van der Waals surface area contributed by atoms with Crippen LogP contribution in [0.25, 0.3) is 0 Å². The van der Waals surface area contributed by atoms with E-state index in [2.05, 4.69) is 21.4 Å². The lowest BCUT2D eigenvalue weighted by atomic mass is 9.99. The van der Waals surface area contributed by atoms with Crippen LogP contribution in [-0.4, -0.2) is 0 Å². The van der Waals surface area contributed by atoms with Gasteiger partial charge in [0, 0.05) is 10.5 Å². The van der Waals surface area contributed by atoms with Crippen LogP contribution in [0.1, 0.15) is 17.2 Å². The van der Waals surface area contributed by atoms with Gasteiger partial charge in [0.2, 0.25) is 0 Å². The third-order valence-corrected chi connectivity index (χ3v) is 4.14. The van der Waals surface area contributed by atoms with Crippen molar-refractivity contribution in [2.24, 2.45) is 5.84 Å². The molecular weight excluding hydrogens is 350 g/mol. The predicted octanol–water partition coefficient (Wildman–Crippen LogP) is 4.13. The Labute approximate surface area is 129 Å². The van der Waals surface area contributed by atoms with Gasteiger partial charge in [0.25, 0.3) is 0 Å². The van der Waals surface area contributed by atoms with E-state index >= 15 is 0 Å². The average molecular weight is 362 g/mol. The van der Waals surface area contributed by atoms with Gasteiger partial charge < -0.3 is 0 Å². The van der Waals surface area contributed by atoms with Crippen molar-refractivity contribution in [3.8, 4) is 0 Å². The topological polar surface area (TPSA) is 38.0 Å². The van der Waals surface area contributed by atoms with Gasteiger partial charge in [0.1, 0.15) is 11.6 Å². The van der Waals surface area contributed by atoms with Crippen LogP contribution in [0.3, 0.4) is 0 Å². The van der Waals surface area contributed by atoms with E-state index in [0.717, 1.165) is 16.1 Å². The monoisotopic (exact) mass is 360 g/mol. The normalized spacial score (nSPS) is 12.4. The van der Waals surface area contributed by atoms with Gasteiger partial charge in [-0.15, -0.1) is 0 Å². The minimum absolute atomic E-state index is 0.290. The van der Waals surface area contributed by atoms with E-state index in [1.807, 2.05) is 6.07 Å². The molecule has 6 heteroatoms. The summed E-state index contributed by atoms with van der Waals surface area (Å²) in [4.78, 5) is 0. The molecule has 106 valence electrons. The first-order chi connectivity index (χ1) is 9.49. The zero-order valence-corrected chi connectivity index (χ0v) is 12.7. The summed E-state index contributed by atoms with van der Waals surface area (Å²) in [5.74, 6) is 4.31. The fourth-order valence-corrected chi connectivity index (χ4v) is 2.40. The van der Waals surface area contributed by atoms with Crippen LogP contribution in [-0.2, 0) is 6.42 Å².